The molecule has 3 N–H and O–H groups in total. The third-order valence-corrected chi connectivity index (χ3v) is 3.37. The van der Waals surface area contributed by atoms with Crippen molar-refractivity contribution in [2.75, 3.05) is 25.0 Å². The average Bonchev–Trinajstić information content (AvgIpc) is 2.45. The Morgan fingerprint density at radius 1 is 1.30 bits per heavy atom. The van der Waals surface area contributed by atoms with E-state index in [1.807, 2.05) is 19.1 Å². The molecular formula is C16H26N2O2. The molecule has 1 atom stereocenters. The monoisotopic (exact) mass is 278 g/mol. The van der Waals surface area contributed by atoms with E-state index in [1.54, 1.807) is 12.1 Å². The minimum atomic E-state index is -0.264. The maximum atomic E-state index is 11.7. The Hall–Kier alpha value is -1.55. The standard InChI is InChI=1S/C16H26N2O2/c1-4-9-20-16(19)13-5-7-15(8-6-13)18-11-14(10-17)12(2)3/h5-8,12,14,18H,4,9-11,17H2,1-3H3. The summed E-state index contributed by atoms with van der Waals surface area (Å²) in [6.45, 7) is 8.30. The fourth-order valence-corrected chi connectivity index (χ4v) is 1.84. The lowest BCUT2D eigenvalue weighted by atomic mass is 9.96. The van der Waals surface area contributed by atoms with E-state index in [0.717, 1.165) is 18.7 Å². The number of benzene rings is 1. The molecule has 4 heteroatoms. The summed E-state index contributed by atoms with van der Waals surface area (Å²) in [4.78, 5) is 11.7. The van der Waals surface area contributed by atoms with E-state index < -0.39 is 0 Å². The highest BCUT2D eigenvalue weighted by atomic mass is 16.5. The molecule has 0 aliphatic carbocycles. The van der Waals surface area contributed by atoms with Gasteiger partial charge < -0.3 is 15.8 Å². The summed E-state index contributed by atoms with van der Waals surface area (Å²) in [5.74, 6) is 0.736. The lowest BCUT2D eigenvalue weighted by Gasteiger charge is -2.20. The highest BCUT2D eigenvalue weighted by Gasteiger charge is 2.11. The minimum absolute atomic E-state index is 0.264. The first-order chi connectivity index (χ1) is 9.58. The number of carbonyl (C=O) groups is 1. The van der Waals surface area contributed by atoms with Gasteiger partial charge in [-0.1, -0.05) is 20.8 Å². The summed E-state index contributed by atoms with van der Waals surface area (Å²) in [5, 5.41) is 3.35. The van der Waals surface area contributed by atoms with E-state index in [1.165, 1.54) is 0 Å². The first kappa shape index (κ1) is 16.5. The van der Waals surface area contributed by atoms with Crippen LogP contribution in [0.25, 0.3) is 0 Å². The average molecular weight is 278 g/mol. The van der Waals surface area contributed by atoms with Crippen molar-refractivity contribution in [3.8, 4) is 0 Å². The van der Waals surface area contributed by atoms with Gasteiger partial charge >= 0.3 is 5.97 Å². The van der Waals surface area contributed by atoms with Crippen molar-refractivity contribution < 1.29 is 9.53 Å². The fourth-order valence-electron chi connectivity index (χ4n) is 1.84. The molecule has 0 saturated heterocycles. The Balaban J connectivity index is 2.52. The Kier molecular flexibility index (Phi) is 7.09. The van der Waals surface area contributed by atoms with E-state index in [2.05, 4.69) is 19.2 Å². The smallest absolute Gasteiger partial charge is 0.338 e. The van der Waals surface area contributed by atoms with Crippen LogP contribution in [0.4, 0.5) is 5.69 Å². The van der Waals surface area contributed by atoms with Crippen molar-refractivity contribution in [1.29, 1.82) is 0 Å². The van der Waals surface area contributed by atoms with Crippen molar-refractivity contribution in [2.24, 2.45) is 17.6 Å². The second-order valence-electron chi connectivity index (χ2n) is 5.33. The van der Waals surface area contributed by atoms with Gasteiger partial charge in [0.15, 0.2) is 0 Å². The molecular weight excluding hydrogens is 252 g/mol. The van der Waals surface area contributed by atoms with Gasteiger partial charge in [-0.15, -0.1) is 0 Å². The van der Waals surface area contributed by atoms with Crippen LogP contribution < -0.4 is 11.1 Å². The topological polar surface area (TPSA) is 64.3 Å². The SMILES string of the molecule is CCCOC(=O)c1ccc(NCC(CN)C(C)C)cc1. The molecule has 0 amide bonds. The minimum Gasteiger partial charge on any atom is -0.462 e. The lowest BCUT2D eigenvalue weighted by Crippen LogP contribution is -2.27. The van der Waals surface area contributed by atoms with E-state index in [-0.39, 0.29) is 5.97 Å². The number of esters is 1. The maximum Gasteiger partial charge on any atom is 0.338 e. The first-order valence-electron chi connectivity index (χ1n) is 7.29. The van der Waals surface area contributed by atoms with Crippen LogP contribution in [0.3, 0.4) is 0 Å². The molecule has 0 radical (unpaired) electrons. The fraction of sp³-hybridized carbons (Fsp3) is 0.562. The van der Waals surface area contributed by atoms with Gasteiger partial charge in [0.1, 0.15) is 0 Å². The van der Waals surface area contributed by atoms with Crippen LogP contribution in [0, 0.1) is 11.8 Å². The molecule has 0 aromatic heterocycles. The summed E-state index contributed by atoms with van der Waals surface area (Å²) in [6, 6.07) is 7.37. The summed E-state index contributed by atoms with van der Waals surface area (Å²) < 4.78 is 5.09. The number of nitrogens with two attached hydrogens (primary N) is 1. The Morgan fingerprint density at radius 3 is 2.45 bits per heavy atom. The summed E-state index contributed by atoms with van der Waals surface area (Å²) in [7, 11) is 0. The van der Waals surface area contributed by atoms with Gasteiger partial charge in [-0.25, -0.2) is 4.79 Å². The van der Waals surface area contributed by atoms with Gasteiger partial charge in [0.25, 0.3) is 0 Å². The van der Waals surface area contributed by atoms with Crippen LogP contribution in [0.5, 0.6) is 0 Å². The second kappa shape index (κ2) is 8.59. The third-order valence-electron chi connectivity index (χ3n) is 3.37. The van der Waals surface area contributed by atoms with Gasteiger partial charge in [0.05, 0.1) is 12.2 Å². The maximum absolute atomic E-state index is 11.7. The highest BCUT2D eigenvalue weighted by molar-refractivity contribution is 5.89. The van der Waals surface area contributed by atoms with Crippen LogP contribution in [-0.2, 0) is 4.74 Å². The molecule has 0 aliphatic rings. The molecule has 1 unspecified atom stereocenters. The van der Waals surface area contributed by atoms with Gasteiger partial charge in [-0.3, -0.25) is 0 Å². The summed E-state index contributed by atoms with van der Waals surface area (Å²) in [6.07, 6.45) is 0.834. The Bertz CT molecular complexity index is 401. The highest BCUT2D eigenvalue weighted by Crippen LogP contribution is 2.14. The van der Waals surface area contributed by atoms with E-state index in [9.17, 15) is 4.79 Å². The zero-order chi connectivity index (χ0) is 15.0. The van der Waals surface area contributed by atoms with Gasteiger partial charge in [-0.2, -0.15) is 0 Å². The zero-order valence-electron chi connectivity index (χ0n) is 12.7. The molecule has 112 valence electrons. The van der Waals surface area contributed by atoms with E-state index in [4.69, 9.17) is 10.5 Å². The van der Waals surface area contributed by atoms with Crippen molar-refractivity contribution >= 4 is 11.7 Å². The van der Waals surface area contributed by atoms with Crippen LogP contribution in [0.15, 0.2) is 24.3 Å². The van der Waals surface area contributed by atoms with E-state index in [0.29, 0.717) is 30.6 Å². The predicted octanol–water partition coefficient (Wildman–Crippen LogP) is 2.90. The normalized spacial score (nSPS) is 12.2. The van der Waals surface area contributed by atoms with Gasteiger partial charge in [0.2, 0.25) is 0 Å². The number of nitrogens with one attached hydrogen (secondary N) is 1. The van der Waals surface area contributed by atoms with Crippen molar-refractivity contribution in [2.45, 2.75) is 27.2 Å². The number of carbonyl (C=O) groups excluding carboxylic acids is 1. The molecule has 4 nitrogen and oxygen atoms in total. The van der Waals surface area contributed by atoms with Crippen LogP contribution in [0.1, 0.15) is 37.6 Å². The molecule has 0 aliphatic heterocycles. The molecule has 0 spiro atoms. The number of rotatable bonds is 8. The molecule has 0 fully saturated rings. The molecule has 1 aromatic carbocycles. The third kappa shape index (κ3) is 5.21. The van der Waals surface area contributed by atoms with Crippen LogP contribution in [-0.4, -0.2) is 25.7 Å². The number of hydrogen-bond acceptors (Lipinski definition) is 4. The molecule has 1 rings (SSSR count). The van der Waals surface area contributed by atoms with E-state index >= 15 is 0 Å². The number of ether oxygens (including phenoxy) is 1. The number of anilines is 1. The predicted molar refractivity (Wildman–Crippen MR) is 82.9 cm³/mol. The Labute approximate surface area is 121 Å². The summed E-state index contributed by atoms with van der Waals surface area (Å²) in [5.41, 5.74) is 7.33. The quantitative estimate of drug-likeness (QED) is 0.718. The Morgan fingerprint density at radius 2 is 1.95 bits per heavy atom. The van der Waals surface area contributed by atoms with Crippen molar-refractivity contribution in [3.63, 3.8) is 0 Å². The van der Waals surface area contributed by atoms with Gasteiger partial charge in [0, 0.05) is 12.2 Å². The van der Waals surface area contributed by atoms with Crippen LogP contribution >= 0.6 is 0 Å². The molecule has 0 saturated carbocycles. The molecule has 0 bridgehead atoms. The first-order valence-corrected chi connectivity index (χ1v) is 7.29. The van der Waals surface area contributed by atoms with Crippen molar-refractivity contribution in [3.05, 3.63) is 29.8 Å². The zero-order valence-corrected chi connectivity index (χ0v) is 12.7. The van der Waals surface area contributed by atoms with Crippen LogP contribution in [0.2, 0.25) is 0 Å². The second-order valence-corrected chi connectivity index (χ2v) is 5.33. The van der Waals surface area contributed by atoms with Gasteiger partial charge in [-0.05, 0) is 49.1 Å². The lowest BCUT2D eigenvalue weighted by molar-refractivity contribution is 0.0505. The number of hydrogen-bond donors (Lipinski definition) is 2. The summed E-state index contributed by atoms with van der Waals surface area (Å²) >= 11 is 0. The molecule has 1 aromatic rings. The van der Waals surface area contributed by atoms with Crippen molar-refractivity contribution in [1.82, 2.24) is 0 Å². The molecule has 0 heterocycles. The molecule has 20 heavy (non-hydrogen) atoms. The largest absolute Gasteiger partial charge is 0.462 e.